The monoisotopic (exact) mass is 243 g/mol. The number of nitrogens with two attached hydrogens (primary N) is 1. The van der Waals surface area contributed by atoms with Crippen LogP contribution >= 0.6 is 15.9 Å². The topological polar surface area (TPSA) is 62.8 Å². The highest BCUT2D eigenvalue weighted by atomic mass is 79.9. The van der Waals surface area contributed by atoms with E-state index in [1.807, 2.05) is 13.8 Å². The Balaban J connectivity index is 0.000000671. The van der Waals surface area contributed by atoms with Gasteiger partial charge in [-0.3, -0.25) is 0 Å². The molecule has 0 aliphatic carbocycles. The van der Waals surface area contributed by atoms with Crippen LogP contribution in [0.2, 0.25) is 0 Å². The van der Waals surface area contributed by atoms with Gasteiger partial charge in [-0.05, 0) is 28.9 Å². The van der Waals surface area contributed by atoms with Crippen LogP contribution in [0.4, 0.5) is 5.69 Å². The first-order valence-electron chi connectivity index (χ1n) is 4.08. The SMILES string of the molecule is CC.CC(=N)c1cc(Br)ncc1N. The number of rotatable bonds is 1. The van der Waals surface area contributed by atoms with Crippen molar-refractivity contribution >= 4 is 27.3 Å². The quantitative estimate of drug-likeness (QED) is 0.589. The van der Waals surface area contributed by atoms with Crippen LogP contribution in [0.25, 0.3) is 0 Å². The lowest BCUT2D eigenvalue weighted by Crippen LogP contribution is -2.00. The molecule has 3 nitrogen and oxygen atoms in total. The van der Waals surface area contributed by atoms with Crippen molar-refractivity contribution < 1.29 is 0 Å². The van der Waals surface area contributed by atoms with Gasteiger partial charge < -0.3 is 11.1 Å². The number of halogens is 1. The molecule has 0 spiro atoms. The summed E-state index contributed by atoms with van der Waals surface area (Å²) in [7, 11) is 0. The van der Waals surface area contributed by atoms with Crippen molar-refractivity contribution in [2.75, 3.05) is 5.73 Å². The number of nitrogens with zero attached hydrogens (tertiary/aromatic N) is 1. The third kappa shape index (κ3) is 3.55. The summed E-state index contributed by atoms with van der Waals surface area (Å²) in [6.07, 6.45) is 1.54. The van der Waals surface area contributed by atoms with E-state index in [2.05, 4.69) is 20.9 Å². The van der Waals surface area contributed by atoms with E-state index in [0.717, 1.165) is 5.56 Å². The zero-order valence-electron chi connectivity index (χ0n) is 8.06. The van der Waals surface area contributed by atoms with Crippen molar-refractivity contribution in [2.24, 2.45) is 0 Å². The molecule has 0 unspecified atom stereocenters. The van der Waals surface area contributed by atoms with Gasteiger partial charge in [0.25, 0.3) is 0 Å². The van der Waals surface area contributed by atoms with E-state index in [1.165, 1.54) is 6.20 Å². The molecule has 1 aromatic heterocycles. The van der Waals surface area contributed by atoms with Gasteiger partial charge in [0, 0.05) is 11.3 Å². The minimum atomic E-state index is 0.450. The molecule has 0 amide bonds. The van der Waals surface area contributed by atoms with Crippen molar-refractivity contribution in [1.29, 1.82) is 5.41 Å². The average molecular weight is 244 g/mol. The first-order chi connectivity index (χ1) is 6.11. The van der Waals surface area contributed by atoms with Crippen molar-refractivity contribution in [2.45, 2.75) is 20.8 Å². The number of anilines is 1. The van der Waals surface area contributed by atoms with Crippen LogP contribution in [0.3, 0.4) is 0 Å². The lowest BCUT2D eigenvalue weighted by Gasteiger charge is -2.01. The van der Waals surface area contributed by atoms with Gasteiger partial charge in [0.1, 0.15) is 4.60 Å². The molecule has 0 fully saturated rings. The maximum atomic E-state index is 7.34. The maximum absolute atomic E-state index is 7.34. The number of hydrogen-bond donors (Lipinski definition) is 2. The van der Waals surface area contributed by atoms with Gasteiger partial charge in [-0.15, -0.1) is 0 Å². The Morgan fingerprint density at radius 1 is 1.54 bits per heavy atom. The Labute approximate surface area is 87.0 Å². The Hall–Kier alpha value is -0.900. The van der Waals surface area contributed by atoms with Gasteiger partial charge in [-0.2, -0.15) is 0 Å². The largest absolute Gasteiger partial charge is 0.397 e. The molecule has 0 saturated carbocycles. The first-order valence-corrected chi connectivity index (χ1v) is 4.87. The highest BCUT2D eigenvalue weighted by Crippen LogP contribution is 2.15. The maximum Gasteiger partial charge on any atom is 0.106 e. The van der Waals surface area contributed by atoms with Crippen LogP contribution < -0.4 is 5.73 Å². The summed E-state index contributed by atoms with van der Waals surface area (Å²) in [5, 5.41) is 7.34. The molecule has 13 heavy (non-hydrogen) atoms. The summed E-state index contributed by atoms with van der Waals surface area (Å²) in [6, 6.07) is 1.73. The molecule has 0 saturated heterocycles. The molecule has 0 aliphatic rings. The fraction of sp³-hybridized carbons (Fsp3) is 0.333. The minimum absolute atomic E-state index is 0.450. The van der Waals surface area contributed by atoms with E-state index >= 15 is 0 Å². The Morgan fingerprint density at radius 2 is 2.08 bits per heavy atom. The molecular formula is C9H14BrN3. The Kier molecular flexibility index (Phi) is 5.30. The Morgan fingerprint density at radius 3 is 2.46 bits per heavy atom. The van der Waals surface area contributed by atoms with Crippen molar-refractivity contribution in [3.8, 4) is 0 Å². The van der Waals surface area contributed by atoms with Crippen molar-refractivity contribution in [1.82, 2.24) is 4.98 Å². The van der Waals surface area contributed by atoms with Crippen LogP contribution in [0.15, 0.2) is 16.9 Å². The number of aromatic nitrogens is 1. The predicted molar refractivity (Wildman–Crippen MR) is 60.2 cm³/mol. The van der Waals surface area contributed by atoms with Crippen LogP contribution in [-0.4, -0.2) is 10.7 Å². The molecule has 0 bridgehead atoms. The summed E-state index contributed by atoms with van der Waals surface area (Å²) >= 11 is 3.20. The van der Waals surface area contributed by atoms with Crippen molar-refractivity contribution in [3.63, 3.8) is 0 Å². The summed E-state index contributed by atoms with van der Waals surface area (Å²) in [5.74, 6) is 0. The van der Waals surface area contributed by atoms with Gasteiger partial charge in [0.2, 0.25) is 0 Å². The fourth-order valence-electron chi connectivity index (χ4n) is 0.765. The molecule has 0 atom stereocenters. The lowest BCUT2D eigenvalue weighted by atomic mass is 10.1. The smallest absolute Gasteiger partial charge is 0.106 e. The number of nitrogen functional groups attached to an aromatic ring is 1. The molecule has 1 rings (SSSR count). The second-order valence-corrected chi connectivity index (χ2v) is 3.03. The van der Waals surface area contributed by atoms with E-state index < -0.39 is 0 Å². The van der Waals surface area contributed by atoms with Gasteiger partial charge in [0.15, 0.2) is 0 Å². The standard InChI is InChI=1S/C7H8BrN3.C2H6/c1-4(9)5-2-7(8)11-3-6(5)10;1-2/h2-3,9H,10H2,1H3;1-2H3. The van der Waals surface area contributed by atoms with Crippen LogP contribution in [-0.2, 0) is 0 Å². The number of hydrogen-bond acceptors (Lipinski definition) is 3. The predicted octanol–water partition coefficient (Wildman–Crippen LogP) is 2.84. The molecular weight excluding hydrogens is 230 g/mol. The van der Waals surface area contributed by atoms with Gasteiger partial charge >= 0.3 is 0 Å². The molecule has 1 heterocycles. The first kappa shape index (κ1) is 12.1. The average Bonchev–Trinajstić information content (AvgIpc) is 2.12. The minimum Gasteiger partial charge on any atom is -0.397 e. The van der Waals surface area contributed by atoms with Gasteiger partial charge in [0.05, 0.1) is 11.9 Å². The zero-order valence-corrected chi connectivity index (χ0v) is 9.64. The molecule has 72 valence electrons. The molecule has 3 N–H and O–H groups in total. The number of nitrogens with one attached hydrogen (secondary N) is 1. The van der Waals surface area contributed by atoms with E-state index in [9.17, 15) is 0 Å². The molecule has 0 radical (unpaired) electrons. The van der Waals surface area contributed by atoms with E-state index in [4.69, 9.17) is 11.1 Å². The van der Waals surface area contributed by atoms with Gasteiger partial charge in [-0.1, -0.05) is 13.8 Å². The normalized spacial score (nSPS) is 8.62. The zero-order chi connectivity index (χ0) is 10.4. The second kappa shape index (κ2) is 5.70. The van der Waals surface area contributed by atoms with Crippen LogP contribution in [0, 0.1) is 5.41 Å². The molecule has 1 aromatic rings. The van der Waals surface area contributed by atoms with Crippen molar-refractivity contribution in [3.05, 3.63) is 22.4 Å². The lowest BCUT2D eigenvalue weighted by molar-refractivity contribution is 1.27. The summed E-state index contributed by atoms with van der Waals surface area (Å²) in [5.41, 5.74) is 7.29. The summed E-state index contributed by atoms with van der Waals surface area (Å²) < 4.78 is 0.702. The molecule has 4 heteroatoms. The van der Waals surface area contributed by atoms with Crippen LogP contribution in [0.1, 0.15) is 26.3 Å². The molecule has 0 aromatic carbocycles. The van der Waals surface area contributed by atoms with E-state index in [0.29, 0.717) is 16.0 Å². The highest BCUT2D eigenvalue weighted by Gasteiger charge is 2.01. The third-order valence-corrected chi connectivity index (χ3v) is 1.74. The Bertz CT molecular complexity index is 297. The molecule has 0 aliphatic heterocycles. The van der Waals surface area contributed by atoms with E-state index in [-0.39, 0.29) is 0 Å². The summed E-state index contributed by atoms with van der Waals surface area (Å²) in [6.45, 7) is 5.69. The van der Waals surface area contributed by atoms with Gasteiger partial charge in [-0.25, -0.2) is 4.98 Å². The van der Waals surface area contributed by atoms with Crippen LogP contribution in [0.5, 0.6) is 0 Å². The second-order valence-electron chi connectivity index (χ2n) is 2.22. The summed E-state index contributed by atoms with van der Waals surface area (Å²) in [4.78, 5) is 3.92. The highest BCUT2D eigenvalue weighted by molar-refractivity contribution is 9.10. The third-order valence-electron chi connectivity index (χ3n) is 1.31. The number of pyridine rings is 1. The van der Waals surface area contributed by atoms with E-state index in [1.54, 1.807) is 13.0 Å². The fourth-order valence-corrected chi connectivity index (χ4v) is 1.10.